The Balaban J connectivity index is 2.03. The van der Waals surface area contributed by atoms with E-state index in [1.165, 1.54) is 5.56 Å². The van der Waals surface area contributed by atoms with Crippen molar-refractivity contribution in [3.8, 4) is 0 Å². The lowest BCUT2D eigenvalue weighted by Gasteiger charge is -2.25. The lowest BCUT2D eigenvalue weighted by atomic mass is 9.83. The van der Waals surface area contributed by atoms with Gasteiger partial charge < -0.3 is 5.11 Å². The SMILES string of the molecule is O[C@H]1CC[C@H](c2ccccc2)CC1. The molecule has 1 aliphatic carbocycles. The molecular formula is C12H16O. The van der Waals surface area contributed by atoms with Gasteiger partial charge in [-0.25, -0.2) is 0 Å². The minimum absolute atomic E-state index is 0.0417. The Kier molecular flexibility index (Phi) is 2.65. The summed E-state index contributed by atoms with van der Waals surface area (Å²) >= 11 is 0. The molecule has 0 spiro atoms. The first-order chi connectivity index (χ1) is 6.36. The molecule has 1 N–H and O–H groups in total. The van der Waals surface area contributed by atoms with Crippen molar-refractivity contribution in [3.63, 3.8) is 0 Å². The topological polar surface area (TPSA) is 20.2 Å². The van der Waals surface area contributed by atoms with E-state index in [1.807, 2.05) is 0 Å². The average molecular weight is 176 g/mol. The smallest absolute Gasteiger partial charge is 0.0540 e. The summed E-state index contributed by atoms with van der Waals surface area (Å²) in [6.45, 7) is 0. The van der Waals surface area contributed by atoms with E-state index in [4.69, 9.17) is 0 Å². The zero-order valence-corrected chi connectivity index (χ0v) is 7.82. The number of aliphatic hydroxyl groups is 1. The molecule has 0 atom stereocenters. The number of rotatable bonds is 1. The van der Waals surface area contributed by atoms with Crippen molar-refractivity contribution in [2.75, 3.05) is 0 Å². The molecule has 1 aromatic rings. The van der Waals surface area contributed by atoms with Crippen LogP contribution in [0.15, 0.2) is 30.3 Å². The van der Waals surface area contributed by atoms with Gasteiger partial charge in [-0.1, -0.05) is 30.3 Å². The zero-order valence-electron chi connectivity index (χ0n) is 7.82. The first-order valence-corrected chi connectivity index (χ1v) is 5.09. The Hall–Kier alpha value is -0.820. The second-order valence-corrected chi connectivity index (χ2v) is 3.92. The van der Waals surface area contributed by atoms with Crippen molar-refractivity contribution in [2.24, 2.45) is 0 Å². The van der Waals surface area contributed by atoms with Crippen LogP contribution in [0.2, 0.25) is 0 Å². The van der Waals surface area contributed by atoms with Gasteiger partial charge in [-0.05, 0) is 37.2 Å². The summed E-state index contributed by atoms with van der Waals surface area (Å²) in [6.07, 6.45) is 4.19. The molecule has 1 aromatic carbocycles. The van der Waals surface area contributed by atoms with Gasteiger partial charge in [-0.3, -0.25) is 0 Å². The van der Waals surface area contributed by atoms with E-state index in [2.05, 4.69) is 30.3 Å². The van der Waals surface area contributed by atoms with Crippen molar-refractivity contribution in [1.82, 2.24) is 0 Å². The molecule has 0 radical (unpaired) electrons. The Morgan fingerprint density at radius 1 is 0.923 bits per heavy atom. The molecule has 0 aromatic heterocycles. The van der Waals surface area contributed by atoms with Crippen LogP contribution in [0.3, 0.4) is 0 Å². The highest BCUT2D eigenvalue weighted by Gasteiger charge is 2.19. The molecule has 0 bridgehead atoms. The van der Waals surface area contributed by atoms with Crippen molar-refractivity contribution in [3.05, 3.63) is 35.9 Å². The minimum Gasteiger partial charge on any atom is -0.393 e. The normalized spacial score (nSPS) is 28.7. The lowest BCUT2D eigenvalue weighted by molar-refractivity contribution is 0.122. The summed E-state index contributed by atoms with van der Waals surface area (Å²) in [7, 11) is 0. The standard InChI is InChI=1S/C12H16O/c13-12-8-6-11(7-9-12)10-4-2-1-3-5-10/h1-5,11-13H,6-9H2/t11-,12-. The van der Waals surface area contributed by atoms with E-state index in [1.54, 1.807) is 0 Å². The van der Waals surface area contributed by atoms with Crippen LogP contribution in [0.5, 0.6) is 0 Å². The second kappa shape index (κ2) is 3.93. The van der Waals surface area contributed by atoms with Gasteiger partial charge in [0.05, 0.1) is 6.10 Å². The molecule has 0 unspecified atom stereocenters. The van der Waals surface area contributed by atoms with E-state index in [0.717, 1.165) is 25.7 Å². The molecule has 0 saturated heterocycles. The van der Waals surface area contributed by atoms with Crippen LogP contribution in [-0.2, 0) is 0 Å². The van der Waals surface area contributed by atoms with E-state index in [9.17, 15) is 5.11 Å². The van der Waals surface area contributed by atoms with Crippen molar-refractivity contribution >= 4 is 0 Å². The highest BCUT2D eigenvalue weighted by molar-refractivity contribution is 5.19. The summed E-state index contributed by atoms with van der Waals surface area (Å²) < 4.78 is 0. The fraction of sp³-hybridized carbons (Fsp3) is 0.500. The summed E-state index contributed by atoms with van der Waals surface area (Å²) in [5.74, 6) is 0.685. The van der Waals surface area contributed by atoms with Crippen molar-refractivity contribution in [2.45, 2.75) is 37.7 Å². The first kappa shape index (κ1) is 8.76. The maximum absolute atomic E-state index is 9.37. The fourth-order valence-corrected chi connectivity index (χ4v) is 2.13. The van der Waals surface area contributed by atoms with E-state index >= 15 is 0 Å². The first-order valence-electron chi connectivity index (χ1n) is 5.09. The van der Waals surface area contributed by atoms with Crippen LogP contribution >= 0.6 is 0 Å². The molecule has 13 heavy (non-hydrogen) atoms. The molecule has 1 nitrogen and oxygen atoms in total. The second-order valence-electron chi connectivity index (χ2n) is 3.92. The van der Waals surface area contributed by atoms with Crippen molar-refractivity contribution < 1.29 is 5.11 Å². The molecule has 70 valence electrons. The van der Waals surface area contributed by atoms with Crippen LogP contribution < -0.4 is 0 Å². The maximum Gasteiger partial charge on any atom is 0.0540 e. The monoisotopic (exact) mass is 176 g/mol. The zero-order chi connectivity index (χ0) is 9.10. The van der Waals surface area contributed by atoms with Crippen LogP contribution in [-0.4, -0.2) is 11.2 Å². The Morgan fingerprint density at radius 3 is 2.15 bits per heavy atom. The Morgan fingerprint density at radius 2 is 1.54 bits per heavy atom. The van der Waals surface area contributed by atoms with Gasteiger partial charge in [0.15, 0.2) is 0 Å². The van der Waals surface area contributed by atoms with Gasteiger partial charge in [0.25, 0.3) is 0 Å². The maximum atomic E-state index is 9.37. The summed E-state index contributed by atoms with van der Waals surface area (Å²) in [4.78, 5) is 0. The third-order valence-electron chi connectivity index (χ3n) is 2.97. The molecule has 1 fully saturated rings. The predicted octanol–water partition coefficient (Wildman–Crippen LogP) is 2.71. The van der Waals surface area contributed by atoms with Crippen LogP contribution in [0.4, 0.5) is 0 Å². The lowest BCUT2D eigenvalue weighted by Crippen LogP contribution is -2.16. The van der Waals surface area contributed by atoms with Gasteiger partial charge >= 0.3 is 0 Å². The predicted molar refractivity (Wildman–Crippen MR) is 53.7 cm³/mol. The highest BCUT2D eigenvalue weighted by Crippen LogP contribution is 2.32. The van der Waals surface area contributed by atoms with Gasteiger partial charge in [0.1, 0.15) is 0 Å². The summed E-state index contributed by atoms with van der Waals surface area (Å²) in [5.41, 5.74) is 1.44. The summed E-state index contributed by atoms with van der Waals surface area (Å²) in [5, 5.41) is 9.37. The number of hydrogen-bond acceptors (Lipinski definition) is 1. The molecule has 0 aliphatic heterocycles. The van der Waals surface area contributed by atoms with Gasteiger partial charge in [0.2, 0.25) is 0 Å². The van der Waals surface area contributed by atoms with E-state index < -0.39 is 0 Å². The third-order valence-corrected chi connectivity index (χ3v) is 2.97. The van der Waals surface area contributed by atoms with Crippen LogP contribution in [0.1, 0.15) is 37.2 Å². The molecule has 0 amide bonds. The number of hydrogen-bond donors (Lipinski definition) is 1. The molecule has 1 heteroatoms. The molecular weight excluding hydrogens is 160 g/mol. The van der Waals surface area contributed by atoms with Gasteiger partial charge in [-0.2, -0.15) is 0 Å². The Bertz CT molecular complexity index is 247. The van der Waals surface area contributed by atoms with E-state index in [-0.39, 0.29) is 6.10 Å². The third kappa shape index (κ3) is 2.10. The number of aliphatic hydroxyl groups excluding tert-OH is 1. The Labute approximate surface area is 79.4 Å². The number of benzene rings is 1. The quantitative estimate of drug-likeness (QED) is 0.697. The van der Waals surface area contributed by atoms with Crippen molar-refractivity contribution in [1.29, 1.82) is 0 Å². The fourth-order valence-electron chi connectivity index (χ4n) is 2.13. The molecule has 1 aliphatic rings. The van der Waals surface area contributed by atoms with E-state index in [0.29, 0.717) is 5.92 Å². The molecule has 0 heterocycles. The summed E-state index contributed by atoms with van der Waals surface area (Å²) in [6, 6.07) is 10.6. The minimum atomic E-state index is -0.0417. The highest BCUT2D eigenvalue weighted by atomic mass is 16.3. The van der Waals surface area contributed by atoms with Crippen LogP contribution in [0.25, 0.3) is 0 Å². The largest absolute Gasteiger partial charge is 0.393 e. The van der Waals surface area contributed by atoms with Gasteiger partial charge in [0, 0.05) is 0 Å². The molecule has 2 rings (SSSR count). The average Bonchev–Trinajstić information content (AvgIpc) is 2.20. The van der Waals surface area contributed by atoms with Gasteiger partial charge in [-0.15, -0.1) is 0 Å². The van der Waals surface area contributed by atoms with Crippen LogP contribution in [0, 0.1) is 0 Å². The molecule has 1 saturated carbocycles.